The lowest BCUT2D eigenvalue weighted by Gasteiger charge is -2.04. The molecule has 0 saturated carbocycles. The fourth-order valence-corrected chi connectivity index (χ4v) is 2.19. The number of rotatable bonds is 2. The zero-order valence-corrected chi connectivity index (χ0v) is 10.9. The molecule has 6 heteroatoms. The molecule has 0 atom stereocenters. The van der Waals surface area contributed by atoms with E-state index in [-0.39, 0.29) is 5.82 Å². The van der Waals surface area contributed by atoms with Crippen molar-refractivity contribution in [3.8, 4) is 22.5 Å². The SMILES string of the molecule is Nc1noc(-c2cncc(F)c2)c1-c1ccccc1Cl. The van der Waals surface area contributed by atoms with Gasteiger partial charge in [0, 0.05) is 22.3 Å². The molecule has 0 aliphatic carbocycles. The van der Waals surface area contributed by atoms with Gasteiger partial charge in [0.25, 0.3) is 0 Å². The molecule has 0 aliphatic rings. The molecule has 0 unspecified atom stereocenters. The molecule has 100 valence electrons. The number of nitrogen functional groups attached to an aromatic ring is 1. The normalized spacial score (nSPS) is 10.7. The third-order valence-electron chi connectivity index (χ3n) is 2.83. The molecule has 4 nitrogen and oxygen atoms in total. The molecule has 0 aliphatic heterocycles. The summed E-state index contributed by atoms with van der Waals surface area (Å²) in [7, 11) is 0. The molecule has 20 heavy (non-hydrogen) atoms. The van der Waals surface area contributed by atoms with E-state index in [1.54, 1.807) is 18.2 Å². The second-order valence-corrected chi connectivity index (χ2v) is 4.55. The number of hydrogen-bond donors (Lipinski definition) is 1. The Morgan fingerprint density at radius 1 is 1.20 bits per heavy atom. The Kier molecular flexibility index (Phi) is 3.12. The van der Waals surface area contributed by atoms with Crippen LogP contribution in [0.15, 0.2) is 47.2 Å². The van der Waals surface area contributed by atoms with Crippen molar-refractivity contribution in [3.63, 3.8) is 0 Å². The van der Waals surface area contributed by atoms with Crippen molar-refractivity contribution in [2.75, 3.05) is 5.73 Å². The molecule has 0 bridgehead atoms. The predicted octanol–water partition coefficient (Wildman–Crippen LogP) is 3.78. The fourth-order valence-electron chi connectivity index (χ4n) is 1.96. The van der Waals surface area contributed by atoms with Crippen molar-refractivity contribution >= 4 is 17.4 Å². The van der Waals surface area contributed by atoms with Gasteiger partial charge in [-0.3, -0.25) is 4.98 Å². The van der Waals surface area contributed by atoms with Crippen molar-refractivity contribution in [2.24, 2.45) is 0 Å². The second-order valence-electron chi connectivity index (χ2n) is 4.14. The summed E-state index contributed by atoms with van der Waals surface area (Å²) in [5.41, 5.74) is 7.49. The van der Waals surface area contributed by atoms with E-state index in [9.17, 15) is 4.39 Å². The Morgan fingerprint density at radius 3 is 2.75 bits per heavy atom. The van der Waals surface area contributed by atoms with Crippen molar-refractivity contribution in [1.29, 1.82) is 0 Å². The van der Waals surface area contributed by atoms with E-state index >= 15 is 0 Å². The van der Waals surface area contributed by atoms with Gasteiger partial charge in [0.1, 0.15) is 5.82 Å². The van der Waals surface area contributed by atoms with E-state index < -0.39 is 5.82 Å². The zero-order valence-electron chi connectivity index (χ0n) is 10.2. The maximum Gasteiger partial charge on any atom is 0.178 e. The number of hydrogen-bond acceptors (Lipinski definition) is 4. The Labute approximate surface area is 119 Å². The summed E-state index contributed by atoms with van der Waals surface area (Å²) in [5, 5.41) is 4.24. The van der Waals surface area contributed by atoms with Gasteiger partial charge in [-0.1, -0.05) is 35.0 Å². The summed E-state index contributed by atoms with van der Waals surface area (Å²) in [4.78, 5) is 3.79. The van der Waals surface area contributed by atoms with E-state index in [0.29, 0.717) is 27.5 Å². The molecule has 1 aromatic carbocycles. The lowest BCUT2D eigenvalue weighted by Crippen LogP contribution is -1.90. The van der Waals surface area contributed by atoms with Crippen LogP contribution >= 0.6 is 11.6 Å². The zero-order chi connectivity index (χ0) is 14.1. The quantitative estimate of drug-likeness (QED) is 0.780. The van der Waals surface area contributed by atoms with E-state index in [2.05, 4.69) is 10.1 Å². The highest BCUT2D eigenvalue weighted by atomic mass is 35.5. The molecule has 2 N–H and O–H groups in total. The highest BCUT2D eigenvalue weighted by Crippen LogP contribution is 2.39. The third-order valence-corrected chi connectivity index (χ3v) is 3.16. The fraction of sp³-hybridized carbons (Fsp3) is 0. The van der Waals surface area contributed by atoms with Gasteiger partial charge in [-0.05, 0) is 12.1 Å². The van der Waals surface area contributed by atoms with Crippen LogP contribution in [0.2, 0.25) is 5.02 Å². The van der Waals surface area contributed by atoms with Crippen LogP contribution in [-0.2, 0) is 0 Å². The lowest BCUT2D eigenvalue weighted by molar-refractivity contribution is 0.435. The minimum Gasteiger partial charge on any atom is -0.380 e. The predicted molar refractivity (Wildman–Crippen MR) is 74.6 cm³/mol. The van der Waals surface area contributed by atoms with Crippen LogP contribution in [0.4, 0.5) is 10.2 Å². The second kappa shape index (κ2) is 4.94. The average molecular weight is 290 g/mol. The Balaban J connectivity index is 2.23. The summed E-state index contributed by atoms with van der Waals surface area (Å²) in [5.74, 6) is 0.0579. The number of pyridine rings is 1. The van der Waals surface area contributed by atoms with Gasteiger partial charge in [0.05, 0.1) is 11.8 Å². The van der Waals surface area contributed by atoms with Crippen LogP contribution in [0.3, 0.4) is 0 Å². The number of nitrogens with zero attached hydrogens (tertiary/aromatic N) is 2. The van der Waals surface area contributed by atoms with Gasteiger partial charge in [0.15, 0.2) is 11.6 Å². The van der Waals surface area contributed by atoms with Crippen LogP contribution in [0, 0.1) is 5.82 Å². The molecule has 0 spiro atoms. The maximum absolute atomic E-state index is 13.3. The molecule has 3 aromatic rings. The van der Waals surface area contributed by atoms with Gasteiger partial charge in [0.2, 0.25) is 0 Å². The van der Waals surface area contributed by atoms with Gasteiger partial charge in [-0.25, -0.2) is 4.39 Å². The summed E-state index contributed by atoms with van der Waals surface area (Å²) in [6.45, 7) is 0. The van der Waals surface area contributed by atoms with Gasteiger partial charge in [-0.2, -0.15) is 0 Å². The average Bonchev–Trinajstić information content (AvgIpc) is 2.81. The largest absolute Gasteiger partial charge is 0.380 e. The monoisotopic (exact) mass is 289 g/mol. The van der Waals surface area contributed by atoms with Crippen LogP contribution in [0.5, 0.6) is 0 Å². The summed E-state index contributed by atoms with van der Waals surface area (Å²) < 4.78 is 18.5. The van der Waals surface area contributed by atoms with Crippen LogP contribution in [-0.4, -0.2) is 10.1 Å². The lowest BCUT2D eigenvalue weighted by atomic mass is 10.0. The van der Waals surface area contributed by atoms with Gasteiger partial charge < -0.3 is 10.3 Å². The summed E-state index contributed by atoms with van der Waals surface area (Å²) >= 11 is 6.16. The molecule has 2 aromatic heterocycles. The Bertz CT molecular complexity index is 773. The van der Waals surface area contributed by atoms with E-state index in [0.717, 1.165) is 6.20 Å². The Morgan fingerprint density at radius 2 is 2.00 bits per heavy atom. The van der Waals surface area contributed by atoms with Gasteiger partial charge >= 0.3 is 0 Å². The highest BCUT2D eigenvalue weighted by molar-refractivity contribution is 6.33. The summed E-state index contributed by atoms with van der Waals surface area (Å²) in [6.07, 6.45) is 2.59. The van der Waals surface area contributed by atoms with E-state index in [4.69, 9.17) is 21.9 Å². The van der Waals surface area contributed by atoms with E-state index in [1.807, 2.05) is 6.07 Å². The topological polar surface area (TPSA) is 64.9 Å². The number of aromatic nitrogens is 2. The smallest absolute Gasteiger partial charge is 0.178 e. The van der Waals surface area contributed by atoms with Gasteiger partial charge in [-0.15, -0.1) is 0 Å². The molecule has 0 radical (unpaired) electrons. The number of nitrogens with two attached hydrogens (primary N) is 1. The summed E-state index contributed by atoms with van der Waals surface area (Å²) in [6, 6.07) is 8.45. The number of benzene rings is 1. The van der Waals surface area contributed by atoms with Crippen LogP contribution in [0.25, 0.3) is 22.5 Å². The molecular formula is C14H9ClFN3O. The first-order valence-electron chi connectivity index (χ1n) is 5.78. The minimum atomic E-state index is -0.470. The van der Waals surface area contributed by atoms with Crippen LogP contribution < -0.4 is 5.73 Å². The molecule has 0 amide bonds. The molecular weight excluding hydrogens is 281 g/mol. The third kappa shape index (κ3) is 2.12. The molecule has 2 heterocycles. The van der Waals surface area contributed by atoms with Crippen LogP contribution in [0.1, 0.15) is 0 Å². The number of anilines is 1. The Hall–Kier alpha value is -2.40. The van der Waals surface area contributed by atoms with Crippen molar-refractivity contribution in [1.82, 2.24) is 10.1 Å². The first-order chi connectivity index (χ1) is 9.66. The van der Waals surface area contributed by atoms with Crippen molar-refractivity contribution in [2.45, 2.75) is 0 Å². The number of halogens is 2. The van der Waals surface area contributed by atoms with E-state index in [1.165, 1.54) is 12.3 Å². The van der Waals surface area contributed by atoms with Crippen molar-refractivity contribution < 1.29 is 8.91 Å². The molecule has 0 saturated heterocycles. The molecule has 0 fully saturated rings. The molecule has 3 rings (SSSR count). The minimum absolute atomic E-state index is 0.192. The van der Waals surface area contributed by atoms with Crippen molar-refractivity contribution in [3.05, 3.63) is 53.6 Å². The first-order valence-corrected chi connectivity index (χ1v) is 6.15. The standard InChI is InChI=1S/C14H9ClFN3O/c15-11-4-2-1-3-10(11)12-13(20-19-14(12)17)8-5-9(16)7-18-6-8/h1-7H,(H2,17,19). The maximum atomic E-state index is 13.3. The highest BCUT2D eigenvalue weighted by Gasteiger charge is 2.20. The first kappa shape index (κ1) is 12.6.